The molecule has 1 unspecified atom stereocenters. The number of H-pyrrole nitrogens is 1. The molecule has 0 spiro atoms. The molecule has 27 heavy (non-hydrogen) atoms. The van der Waals surface area contributed by atoms with Crippen molar-refractivity contribution in [3.8, 4) is 22.7 Å². The Morgan fingerprint density at radius 2 is 2.00 bits per heavy atom. The summed E-state index contributed by atoms with van der Waals surface area (Å²) in [5, 5.41) is 9.18. The van der Waals surface area contributed by atoms with Crippen molar-refractivity contribution in [1.29, 1.82) is 0 Å². The molecule has 8 heteroatoms. The van der Waals surface area contributed by atoms with Crippen LogP contribution in [0.1, 0.15) is 23.9 Å². The predicted octanol–water partition coefficient (Wildman–Crippen LogP) is 4.37. The van der Waals surface area contributed by atoms with Crippen LogP contribution in [-0.4, -0.2) is 46.6 Å². The number of halogens is 2. The highest BCUT2D eigenvalue weighted by molar-refractivity contribution is 6.83. The van der Waals surface area contributed by atoms with Crippen LogP contribution in [0.5, 0.6) is 0 Å². The Morgan fingerprint density at radius 3 is 2.59 bits per heavy atom. The Bertz CT molecular complexity index is 908. The van der Waals surface area contributed by atoms with Crippen LogP contribution in [0.25, 0.3) is 11.3 Å². The highest BCUT2D eigenvalue weighted by atomic mass is 28.3. The minimum atomic E-state index is -3.05. The van der Waals surface area contributed by atoms with Crippen molar-refractivity contribution in [2.45, 2.75) is 38.0 Å². The first-order valence-electron chi connectivity index (χ1n) is 8.60. The third-order valence-corrected chi connectivity index (χ3v) is 5.08. The fraction of sp³-hybridized carbons (Fsp3) is 0.368. The van der Waals surface area contributed by atoms with Crippen molar-refractivity contribution < 1.29 is 18.7 Å². The number of likely N-dealkylation sites (tertiary alicyclic amines) is 1. The quantitative estimate of drug-likeness (QED) is 0.592. The van der Waals surface area contributed by atoms with Crippen LogP contribution in [0.3, 0.4) is 0 Å². The lowest BCUT2D eigenvalue weighted by Crippen LogP contribution is -2.31. The van der Waals surface area contributed by atoms with E-state index in [-0.39, 0.29) is 5.82 Å². The summed E-state index contributed by atoms with van der Waals surface area (Å²) >= 11 is 0. The standard InChI is InChI=1S/C19H21F2N3O2Si/c1-27(2,3)9-8-13-4-6-14(7-5-13)15-11-22-17(23-15)16-10-19(20,21)12-24(16)18(25)26/h4-7,11,16H,10,12H2,1-3H3,(H,22,23)(H,25,26). The highest BCUT2D eigenvalue weighted by Crippen LogP contribution is 2.40. The third-order valence-electron chi connectivity index (χ3n) is 4.20. The van der Waals surface area contributed by atoms with Crippen LogP contribution >= 0.6 is 0 Å². The van der Waals surface area contributed by atoms with Crippen molar-refractivity contribution in [1.82, 2.24) is 14.9 Å². The summed E-state index contributed by atoms with van der Waals surface area (Å²) < 4.78 is 27.3. The molecule has 1 atom stereocenters. The molecule has 1 aliphatic rings. The number of hydrogen-bond donors (Lipinski definition) is 2. The van der Waals surface area contributed by atoms with Crippen LogP contribution in [0.15, 0.2) is 30.5 Å². The maximum Gasteiger partial charge on any atom is 0.408 e. The van der Waals surface area contributed by atoms with Gasteiger partial charge in [-0.2, -0.15) is 0 Å². The van der Waals surface area contributed by atoms with Gasteiger partial charge in [-0.25, -0.2) is 18.6 Å². The molecule has 1 saturated heterocycles. The summed E-state index contributed by atoms with van der Waals surface area (Å²) in [7, 11) is -1.45. The number of aromatic nitrogens is 2. The van der Waals surface area contributed by atoms with E-state index < -0.39 is 39.1 Å². The number of alkyl halides is 2. The number of aromatic amines is 1. The summed E-state index contributed by atoms with van der Waals surface area (Å²) in [6.45, 7) is 5.71. The van der Waals surface area contributed by atoms with Gasteiger partial charge in [0.05, 0.1) is 24.5 Å². The van der Waals surface area contributed by atoms with Crippen molar-refractivity contribution in [2.24, 2.45) is 0 Å². The van der Waals surface area contributed by atoms with E-state index >= 15 is 0 Å². The lowest BCUT2D eigenvalue weighted by atomic mass is 10.1. The largest absolute Gasteiger partial charge is 0.465 e. The Hall–Kier alpha value is -2.66. The molecular formula is C19H21F2N3O2Si. The van der Waals surface area contributed by atoms with Crippen LogP contribution in [0, 0.1) is 11.5 Å². The number of amides is 1. The van der Waals surface area contributed by atoms with Gasteiger partial charge in [0, 0.05) is 12.0 Å². The second-order valence-electron chi connectivity index (χ2n) is 7.75. The maximum atomic E-state index is 13.7. The van der Waals surface area contributed by atoms with E-state index in [0.29, 0.717) is 5.69 Å². The first-order chi connectivity index (χ1) is 12.5. The molecule has 0 saturated carbocycles. The third kappa shape index (κ3) is 4.55. The van der Waals surface area contributed by atoms with Crippen molar-refractivity contribution in [3.63, 3.8) is 0 Å². The molecule has 0 bridgehead atoms. The van der Waals surface area contributed by atoms with E-state index in [9.17, 15) is 18.7 Å². The molecular weight excluding hydrogens is 368 g/mol. The summed E-state index contributed by atoms with van der Waals surface area (Å²) in [6.07, 6.45) is -0.410. The van der Waals surface area contributed by atoms with E-state index in [4.69, 9.17) is 0 Å². The Balaban J connectivity index is 1.81. The SMILES string of the molecule is C[Si](C)(C)C#Cc1ccc(-c2cnc(C3CC(F)(F)CN3C(=O)O)[nH]2)cc1. The Morgan fingerprint density at radius 1 is 1.33 bits per heavy atom. The number of carboxylic acid groups (broad SMARTS) is 1. The normalized spacial score (nSPS) is 18.9. The minimum absolute atomic E-state index is 0.229. The summed E-state index contributed by atoms with van der Waals surface area (Å²) in [4.78, 5) is 19.1. The second-order valence-corrected chi connectivity index (χ2v) is 12.5. The van der Waals surface area contributed by atoms with Crippen LogP contribution < -0.4 is 0 Å². The number of hydrogen-bond acceptors (Lipinski definition) is 2. The minimum Gasteiger partial charge on any atom is -0.465 e. The molecule has 1 amide bonds. The van der Waals surface area contributed by atoms with Crippen molar-refractivity contribution in [2.75, 3.05) is 6.54 Å². The van der Waals surface area contributed by atoms with Crippen molar-refractivity contribution >= 4 is 14.2 Å². The molecule has 3 rings (SSSR count). The lowest BCUT2D eigenvalue weighted by molar-refractivity contribution is 0.0126. The number of carbonyl (C=O) groups is 1. The van der Waals surface area contributed by atoms with Gasteiger partial charge < -0.3 is 10.1 Å². The van der Waals surface area contributed by atoms with Gasteiger partial charge in [-0.15, -0.1) is 5.54 Å². The molecule has 1 aromatic carbocycles. The highest BCUT2D eigenvalue weighted by Gasteiger charge is 2.48. The number of benzene rings is 1. The first kappa shape index (κ1) is 19.1. The van der Waals surface area contributed by atoms with E-state index in [2.05, 4.69) is 41.1 Å². The van der Waals surface area contributed by atoms with Gasteiger partial charge in [0.2, 0.25) is 0 Å². The zero-order chi connectivity index (χ0) is 19.8. The average Bonchev–Trinajstić information content (AvgIpc) is 3.17. The zero-order valence-electron chi connectivity index (χ0n) is 15.4. The van der Waals surface area contributed by atoms with E-state index in [1.54, 1.807) is 0 Å². The monoisotopic (exact) mass is 389 g/mol. The molecule has 142 valence electrons. The maximum absolute atomic E-state index is 13.7. The molecule has 2 heterocycles. The van der Waals surface area contributed by atoms with Crippen LogP contribution in [0.4, 0.5) is 13.6 Å². The van der Waals surface area contributed by atoms with Gasteiger partial charge in [-0.3, -0.25) is 4.90 Å². The van der Waals surface area contributed by atoms with Crippen molar-refractivity contribution in [3.05, 3.63) is 41.9 Å². The fourth-order valence-electron chi connectivity index (χ4n) is 2.91. The smallest absolute Gasteiger partial charge is 0.408 e. The predicted molar refractivity (Wildman–Crippen MR) is 101 cm³/mol. The molecule has 1 aromatic heterocycles. The fourth-order valence-corrected chi connectivity index (χ4v) is 3.43. The average molecular weight is 389 g/mol. The Kier molecular flexibility index (Phi) is 4.82. The zero-order valence-corrected chi connectivity index (χ0v) is 16.4. The summed E-state index contributed by atoms with van der Waals surface area (Å²) in [5.74, 6) is 0.351. The molecule has 0 aliphatic carbocycles. The molecule has 5 nitrogen and oxygen atoms in total. The summed E-state index contributed by atoms with van der Waals surface area (Å²) in [6, 6.07) is 6.58. The molecule has 0 radical (unpaired) electrons. The van der Waals surface area contributed by atoms with Gasteiger partial charge >= 0.3 is 6.09 Å². The van der Waals surface area contributed by atoms with E-state index in [0.717, 1.165) is 16.0 Å². The molecule has 1 aliphatic heterocycles. The molecule has 2 N–H and O–H groups in total. The molecule has 1 fully saturated rings. The first-order valence-corrected chi connectivity index (χ1v) is 12.1. The van der Waals surface area contributed by atoms with Gasteiger partial charge in [-0.1, -0.05) is 37.7 Å². The van der Waals surface area contributed by atoms with Gasteiger partial charge in [0.1, 0.15) is 13.9 Å². The summed E-state index contributed by atoms with van der Waals surface area (Å²) in [5.41, 5.74) is 5.69. The topological polar surface area (TPSA) is 69.2 Å². The van der Waals surface area contributed by atoms with Crippen LogP contribution in [0.2, 0.25) is 19.6 Å². The van der Waals surface area contributed by atoms with Crippen LogP contribution in [-0.2, 0) is 0 Å². The number of nitrogens with one attached hydrogen (secondary N) is 1. The van der Waals surface area contributed by atoms with Gasteiger partial charge in [0.15, 0.2) is 0 Å². The number of nitrogens with zero attached hydrogens (tertiary/aromatic N) is 2. The molecule has 2 aromatic rings. The van der Waals surface area contributed by atoms with Gasteiger partial charge in [0.25, 0.3) is 5.92 Å². The number of imidazole rings is 1. The van der Waals surface area contributed by atoms with E-state index in [1.807, 2.05) is 24.3 Å². The second kappa shape index (κ2) is 6.81. The number of rotatable bonds is 2. The van der Waals surface area contributed by atoms with E-state index in [1.165, 1.54) is 6.20 Å². The van der Waals surface area contributed by atoms with Gasteiger partial charge in [-0.05, 0) is 17.7 Å². The lowest BCUT2D eigenvalue weighted by Gasteiger charge is -2.18. The Labute approximate surface area is 157 Å².